The minimum atomic E-state index is 0.0181. The molecule has 176 valence electrons. The number of piperidine rings is 2. The third-order valence-electron chi connectivity index (χ3n) is 8.76. The fraction of sp³-hybridized carbons (Fsp3) is 0.750. The minimum absolute atomic E-state index is 0.0181. The van der Waals surface area contributed by atoms with Crippen molar-refractivity contribution in [2.75, 3.05) is 32.7 Å². The predicted octanol–water partition coefficient (Wildman–Crippen LogP) is 5.82. The van der Waals surface area contributed by atoms with Crippen molar-refractivity contribution in [1.29, 1.82) is 0 Å². The molecule has 5 rings (SSSR count). The van der Waals surface area contributed by atoms with Crippen molar-refractivity contribution in [3.05, 3.63) is 29.0 Å². The molecule has 1 aliphatic carbocycles. The van der Waals surface area contributed by atoms with Crippen LogP contribution in [0.5, 0.6) is 0 Å². The maximum absolute atomic E-state index is 5.90. The molecule has 3 heterocycles. The highest BCUT2D eigenvalue weighted by Gasteiger charge is 2.40. The lowest BCUT2D eigenvalue weighted by Gasteiger charge is -2.50. The molecule has 0 radical (unpaired) electrons. The van der Waals surface area contributed by atoms with E-state index in [0.717, 1.165) is 23.6 Å². The van der Waals surface area contributed by atoms with E-state index >= 15 is 0 Å². The maximum Gasteiger partial charge on any atom is 0.170 e. The van der Waals surface area contributed by atoms with E-state index in [4.69, 9.17) is 4.52 Å². The SMILES string of the molecule is CC(C)(C)c1noc2c3c(ccc12)CC(CN1CCC2(CC1)CCN(C(C)(C)C)CC2)C3. The van der Waals surface area contributed by atoms with Crippen LogP contribution in [0.1, 0.15) is 84.0 Å². The monoisotopic (exact) mass is 437 g/mol. The molecular weight excluding hydrogens is 394 g/mol. The molecule has 0 saturated carbocycles. The zero-order chi connectivity index (χ0) is 22.7. The van der Waals surface area contributed by atoms with E-state index in [1.54, 1.807) is 0 Å². The summed E-state index contributed by atoms with van der Waals surface area (Å²) in [6.07, 6.45) is 7.92. The Morgan fingerprint density at radius 3 is 2.22 bits per heavy atom. The first-order valence-corrected chi connectivity index (χ1v) is 12.9. The number of aromatic nitrogens is 1. The summed E-state index contributed by atoms with van der Waals surface area (Å²) in [6.45, 7) is 20.1. The van der Waals surface area contributed by atoms with Gasteiger partial charge in [0.2, 0.25) is 0 Å². The zero-order valence-electron chi connectivity index (χ0n) is 21.3. The average Bonchev–Trinajstić information content (AvgIpc) is 3.32. The quantitative estimate of drug-likeness (QED) is 0.593. The third kappa shape index (κ3) is 4.14. The number of benzene rings is 1. The molecule has 3 aliphatic rings. The fourth-order valence-electron chi connectivity index (χ4n) is 6.58. The normalized spacial score (nSPS) is 25.0. The van der Waals surface area contributed by atoms with Crippen LogP contribution in [-0.2, 0) is 18.3 Å². The topological polar surface area (TPSA) is 32.5 Å². The number of hydrogen-bond donors (Lipinski definition) is 0. The highest BCUT2D eigenvalue weighted by molar-refractivity contribution is 5.85. The van der Waals surface area contributed by atoms with E-state index < -0.39 is 0 Å². The van der Waals surface area contributed by atoms with E-state index in [-0.39, 0.29) is 5.41 Å². The van der Waals surface area contributed by atoms with Gasteiger partial charge in [-0.25, -0.2) is 0 Å². The molecule has 1 aromatic heterocycles. The lowest BCUT2D eigenvalue weighted by molar-refractivity contribution is 0.00101. The first-order chi connectivity index (χ1) is 15.0. The minimum Gasteiger partial charge on any atom is -0.356 e. The van der Waals surface area contributed by atoms with Crippen molar-refractivity contribution < 1.29 is 4.52 Å². The number of rotatable bonds is 2. The molecule has 0 N–H and O–H groups in total. The van der Waals surface area contributed by atoms with Crippen molar-refractivity contribution in [2.24, 2.45) is 11.3 Å². The Morgan fingerprint density at radius 2 is 1.59 bits per heavy atom. The molecule has 2 saturated heterocycles. The Kier molecular flexibility index (Phi) is 5.49. The Morgan fingerprint density at radius 1 is 0.938 bits per heavy atom. The summed E-state index contributed by atoms with van der Waals surface area (Å²) in [5.74, 6) is 0.718. The highest BCUT2D eigenvalue weighted by Crippen LogP contribution is 2.43. The Hall–Kier alpha value is -1.39. The van der Waals surface area contributed by atoms with Gasteiger partial charge in [-0.3, -0.25) is 4.90 Å². The van der Waals surface area contributed by atoms with E-state index in [2.05, 4.69) is 68.6 Å². The third-order valence-corrected chi connectivity index (χ3v) is 8.76. The standard InChI is InChI=1S/C28H43N3O/c1-26(2,3)25-22-8-7-21-17-20(18-23(21)24(22)32-29-25)19-30-13-9-28(10-14-30)11-15-31(16-12-28)27(4,5)6/h7-8,20H,9-19H2,1-6H3. The molecule has 0 amide bonds. The number of nitrogens with zero attached hydrogens (tertiary/aromatic N) is 3. The summed E-state index contributed by atoms with van der Waals surface area (Å²) in [6, 6.07) is 4.60. The van der Waals surface area contributed by atoms with Gasteiger partial charge in [-0.15, -0.1) is 0 Å². The van der Waals surface area contributed by atoms with Crippen molar-refractivity contribution >= 4 is 11.0 Å². The summed E-state index contributed by atoms with van der Waals surface area (Å²) in [7, 11) is 0. The second kappa shape index (κ2) is 7.84. The second-order valence-corrected chi connectivity index (χ2v) is 13.1. The molecule has 4 heteroatoms. The van der Waals surface area contributed by atoms with Crippen molar-refractivity contribution in [3.63, 3.8) is 0 Å². The van der Waals surface area contributed by atoms with Gasteiger partial charge < -0.3 is 9.42 Å². The van der Waals surface area contributed by atoms with Crippen LogP contribution in [0.4, 0.5) is 0 Å². The summed E-state index contributed by atoms with van der Waals surface area (Å²) >= 11 is 0. The van der Waals surface area contributed by atoms with E-state index in [1.807, 2.05) is 0 Å². The van der Waals surface area contributed by atoms with Crippen LogP contribution < -0.4 is 0 Å². The molecule has 0 bridgehead atoms. The molecule has 2 aromatic rings. The van der Waals surface area contributed by atoms with E-state index in [1.165, 1.54) is 81.3 Å². The molecule has 2 aliphatic heterocycles. The van der Waals surface area contributed by atoms with Crippen LogP contribution >= 0.6 is 0 Å². The van der Waals surface area contributed by atoms with Crippen LogP contribution in [0.2, 0.25) is 0 Å². The van der Waals surface area contributed by atoms with Gasteiger partial charge in [0.1, 0.15) is 0 Å². The Balaban J connectivity index is 1.19. The van der Waals surface area contributed by atoms with Gasteiger partial charge >= 0.3 is 0 Å². The average molecular weight is 438 g/mol. The molecule has 1 aromatic carbocycles. The molecule has 1 spiro atoms. The molecule has 32 heavy (non-hydrogen) atoms. The van der Waals surface area contributed by atoms with Crippen molar-refractivity contribution in [1.82, 2.24) is 15.0 Å². The van der Waals surface area contributed by atoms with Gasteiger partial charge in [0.15, 0.2) is 5.58 Å². The molecular formula is C28H43N3O. The second-order valence-electron chi connectivity index (χ2n) is 13.1. The van der Waals surface area contributed by atoms with Gasteiger partial charge in [-0.1, -0.05) is 32.0 Å². The first-order valence-electron chi connectivity index (χ1n) is 12.9. The molecule has 1 atom stereocenters. The fourth-order valence-corrected chi connectivity index (χ4v) is 6.58. The van der Waals surface area contributed by atoms with Crippen LogP contribution in [0.25, 0.3) is 11.0 Å². The highest BCUT2D eigenvalue weighted by atomic mass is 16.5. The zero-order valence-corrected chi connectivity index (χ0v) is 21.3. The lowest BCUT2D eigenvalue weighted by atomic mass is 9.70. The number of hydrogen-bond acceptors (Lipinski definition) is 4. The summed E-state index contributed by atoms with van der Waals surface area (Å²) in [4.78, 5) is 5.45. The van der Waals surface area contributed by atoms with Gasteiger partial charge in [0.05, 0.1) is 5.69 Å². The lowest BCUT2D eigenvalue weighted by Crippen LogP contribution is -2.52. The van der Waals surface area contributed by atoms with E-state index in [9.17, 15) is 0 Å². The first kappa shape index (κ1) is 22.4. The maximum atomic E-state index is 5.90. The van der Waals surface area contributed by atoms with Crippen LogP contribution in [0.3, 0.4) is 0 Å². The van der Waals surface area contributed by atoms with Gasteiger partial charge in [0.25, 0.3) is 0 Å². The van der Waals surface area contributed by atoms with Crippen LogP contribution in [0.15, 0.2) is 16.7 Å². The number of likely N-dealkylation sites (tertiary alicyclic amines) is 2. The summed E-state index contributed by atoms with van der Waals surface area (Å²) in [5.41, 5.74) is 6.02. The smallest absolute Gasteiger partial charge is 0.170 e. The largest absolute Gasteiger partial charge is 0.356 e. The molecule has 4 nitrogen and oxygen atoms in total. The summed E-state index contributed by atoms with van der Waals surface area (Å²) < 4.78 is 5.90. The molecule has 2 fully saturated rings. The van der Waals surface area contributed by atoms with Gasteiger partial charge in [0, 0.05) is 28.4 Å². The molecule has 1 unspecified atom stereocenters. The van der Waals surface area contributed by atoms with Gasteiger partial charge in [-0.05, 0) is 108 Å². The summed E-state index contributed by atoms with van der Waals surface area (Å²) in [5, 5.41) is 5.69. The number of fused-ring (bicyclic) bond motifs is 3. The Labute approximate surface area is 194 Å². The van der Waals surface area contributed by atoms with Crippen LogP contribution in [0, 0.1) is 11.3 Å². The van der Waals surface area contributed by atoms with Crippen LogP contribution in [-0.4, -0.2) is 53.2 Å². The van der Waals surface area contributed by atoms with Crippen molar-refractivity contribution in [3.8, 4) is 0 Å². The van der Waals surface area contributed by atoms with Crippen molar-refractivity contribution in [2.45, 2.75) is 91.0 Å². The Bertz CT molecular complexity index is 959. The predicted molar refractivity (Wildman–Crippen MR) is 132 cm³/mol. The van der Waals surface area contributed by atoms with E-state index in [0.29, 0.717) is 11.0 Å². The van der Waals surface area contributed by atoms with Gasteiger partial charge in [-0.2, -0.15) is 0 Å².